The maximum absolute atomic E-state index is 12.4. The number of thioether (sulfide) groups is 2. The number of nitrogens with one attached hydrogen (secondary N) is 2. The van der Waals surface area contributed by atoms with Gasteiger partial charge in [-0.2, -0.15) is 0 Å². The number of amides is 1. The first-order valence-electron chi connectivity index (χ1n) is 8.33. The van der Waals surface area contributed by atoms with E-state index in [4.69, 9.17) is 0 Å². The van der Waals surface area contributed by atoms with Crippen LogP contribution in [0.15, 0.2) is 71.2 Å². The Morgan fingerprint density at radius 3 is 2.89 bits per heavy atom. The Hall–Kier alpha value is -2.71. The van der Waals surface area contributed by atoms with Crippen molar-refractivity contribution in [2.24, 2.45) is 0 Å². The molecule has 27 heavy (non-hydrogen) atoms. The minimum Gasteiger partial charge on any atom is -0.324 e. The lowest BCUT2D eigenvalue weighted by Gasteiger charge is -2.09. The van der Waals surface area contributed by atoms with Gasteiger partial charge in [-0.1, -0.05) is 42.1 Å². The van der Waals surface area contributed by atoms with Gasteiger partial charge in [0.05, 0.1) is 22.5 Å². The Morgan fingerprint density at radius 2 is 2.00 bits per heavy atom. The van der Waals surface area contributed by atoms with Gasteiger partial charge in [0.2, 0.25) is 11.7 Å². The van der Waals surface area contributed by atoms with Crippen molar-refractivity contribution in [3.05, 3.63) is 61.2 Å². The number of nitrogens with zero attached hydrogens (tertiary/aromatic N) is 3. The SMILES string of the molecule is C=CCSc1ccccc1NC(=O)CSc1n[nH]c2nc3ccccc3n12. The maximum Gasteiger partial charge on any atom is 0.234 e. The largest absolute Gasteiger partial charge is 0.324 e. The summed E-state index contributed by atoms with van der Waals surface area (Å²) in [7, 11) is 0. The molecule has 0 unspecified atom stereocenters. The molecule has 0 atom stereocenters. The number of carbonyl (C=O) groups excluding carboxylic acids is 1. The van der Waals surface area contributed by atoms with Crippen molar-refractivity contribution in [3.8, 4) is 0 Å². The van der Waals surface area contributed by atoms with Crippen LogP contribution in [0.25, 0.3) is 16.8 Å². The lowest BCUT2D eigenvalue weighted by molar-refractivity contribution is -0.113. The van der Waals surface area contributed by atoms with E-state index in [1.165, 1.54) is 11.8 Å². The second-order valence-corrected chi connectivity index (χ2v) is 7.70. The van der Waals surface area contributed by atoms with Crippen molar-refractivity contribution < 1.29 is 4.79 Å². The molecule has 136 valence electrons. The molecule has 0 spiro atoms. The van der Waals surface area contributed by atoms with E-state index in [2.05, 4.69) is 27.1 Å². The molecule has 0 aliphatic carbocycles. The van der Waals surface area contributed by atoms with E-state index < -0.39 is 0 Å². The van der Waals surface area contributed by atoms with Crippen molar-refractivity contribution in [1.29, 1.82) is 0 Å². The second kappa shape index (κ2) is 7.89. The minimum atomic E-state index is -0.0766. The predicted molar refractivity (Wildman–Crippen MR) is 112 cm³/mol. The predicted octanol–water partition coefficient (Wildman–Crippen LogP) is 4.22. The van der Waals surface area contributed by atoms with E-state index in [1.54, 1.807) is 11.8 Å². The van der Waals surface area contributed by atoms with Gasteiger partial charge in [0.25, 0.3) is 0 Å². The molecular weight excluding hydrogens is 378 g/mol. The summed E-state index contributed by atoms with van der Waals surface area (Å²) < 4.78 is 1.93. The third-order valence-electron chi connectivity index (χ3n) is 3.85. The van der Waals surface area contributed by atoms with Crippen LogP contribution in [-0.4, -0.2) is 37.0 Å². The van der Waals surface area contributed by atoms with Gasteiger partial charge < -0.3 is 5.32 Å². The molecule has 2 N–H and O–H groups in total. The van der Waals surface area contributed by atoms with Crippen molar-refractivity contribution in [2.75, 3.05) is 16.8 Å². The van der Waals surface area contributed by atoms with Crippen molar-refractivity contribution in [2.45, 2.75) is 10.1 Å². The summed E-state index contributed by atoms with van der Waals surface area (Å²) in [4.78, 5) is 18.0. The van der Waals surface area contributed by atoms with Crippen molar-refractivity contribution in [1.82, 2.24) is 19.6 Å². The average Bonchev–Trinajstić information content (AvgIpc) is 3.25. The number of imidazole rings is 1. The Kier molecular flexibility index (Phi) is 5.17. The zero-order valence-corrected chi connectivity index (χ0v) is 16.0. The molecule has 0 saturated carbocycles. The van der Waals surface area contributed by atoms with E-state index in [-0.39, 0.29) is 11.7 Å². The second-order valence-electron chi connectivity index (χ2n) is 5.70. The summed E-state index contributed by atoms with van der Waals surface area (Å²) in [6.45, 7) is 3.74. The van der Waals surface area contributed by atoms with Gasteiger partial charge in [-0.05, 0) is 24.3 Å². The third kappa shape index (κ3) is 3.72. The number of rotatable bonds is 7. The number of H-pyrrole nitrogens is 1. The van der Waals surface area contributed by atoms with Crippen LogP contribution in [0.1, 0.15) is 0 Å². The lowest BCUT2D eigenvalue weighted by Crippen LogP contribution is -2.14. The van der Waals surface area contributed by atoms with Crippen LogP contribution in [0.5, 0.6) is 0 Å². The van der Waals surface area contributed by atoms with Crippen LogP contribution < -0.4 is 5.32 Å². The highest BCUT2D eigenvalue weighted by atomic mass is 32.2. The summed E-state index contributed by atoms with van der Waals surface area (Å²) >= 11 is 3.01. The van der Waals surface area contributed by atoms with Gasteiger partial charge in [-0.3, -0.25) is 9.20 Å². The number of hydrogen-bond donors (Lipinski definition) is 2. The van der Waals surface area contributed by atoms with Gasteiger partial charge in [-0.25, -0.2) is 10.1 Å². The molecule has 2 heterocycles. The average molecular weight is 396 g/mol. The molecule has 8 heteroatoms. The first kappa shape index (κ1) is 17.7. The fourth-order valence-corrected chi connectivity index (χ4v) is 4.20. The summed E-state index contributed by atoms with van der Waals surface area (Å²) in [5.41, 5.74) is 2.68. The van der Waals surface area contributed by atoms with Gasteiger partial charge in [0, 0.05) is 10.6 Å². The third-order valence-corrected chi connectivity index (χ3v) is 5.86. The molecule has 0 saturated heterocycles. The Morgan fingerprint density at radius 1 is 1.19 bits per heavy atom. The molecule has 4 aromatic rings. The highest BCUT2D eigenvalue weighted by Crippen LogP contribution is 2.28. The highest BCUT2D eigenvalue weighted by Gasteiger charge is 2.14. The fraction of sp³-hybridized carbons (Fsp3) is 0.105. The first-order valence-corrected chi connectivity index (χ1v) is 10.3. The van der Waals surface area contributed by atoms with Crippen LogP contribution in [0, 0.1) is 0 Å². The summed E-state index contributed by atoms with van der Waals surface area (Å²) in [6, 6.07) is 15.6. The number of benzene rings is 2. The molecule has 0 aliphatic heterocycles. The summed E-state index contributed by atoms with van der Waals surface area (Å²) in [5.74, 6) is 1.64. The molecule has 0 aliphatic rings. The molecule has 0 bridgehead atoms. The Bertz CT molecular complexity index is 1120. The lowest BCUT2D eigenvalue weighted by atomic mass is 10.3. The molecular formula is C19H17N5OS2. The molecule has 2 aromatic carbocycles. The van der Waals surface area contributed by atoms with Crippen molar-refractivity contribution in [3.63, 3.8) is 0 Å². The van der Waals surface area contributed by atoms with Gasteiger partial charge >= 0.3 is 0 Å². The van der Waals surface area contributed by atoms with Crippen LogP contribution >= 0.6 is 23.5 Å². The van der Waals surface area contributed by atoms with Crippen LogP contribution in [0.2, 0.25) is 0 Å². The first-order chi connectivity index (χ1) is 13.3. The number of anilines is 1. The number of hydrogen-bond acceptors (Lipinski definition) is 5. The maximum atomic E-state index is 12.4. The number of aromatic nitrogens is 4. The number of fused-ring (bicyclic) bond motifs is 3. The standard InChI is InChI=1S/C19H17N5OS2/c1-2-11-26-16-10-6-4-8-14(16)20-17(25)12-27-19-23-22-18-21-13-7-3-5-9-15(13)24(18)19/h2-10H,1,11-12H2,(H,20,25)(H,21,22). The van der Waals surface area contributed by atoms with Crippen LogP contribution in [0.3, 0.4) is 0 Å². The number of para-hydroxylation sites is 3. The zero-order chi connectivity index (χ0) is 18.6. The van der Waals surface area contributed by atoms with Crippen molar-refractivity contribution >= 4 is 51.9 Å². The topological polar surface area (TPSA) is 75.1 Å². The molecule has 0 radical (unpaired) electrons. The number of carbonyl (C=O) groups is 1. The molecule has 0 fully saturated rings. The van der Waals surface area contributed by atoms with E-state index in [0.717, 1.165) is 27.4 Å². The van der Waals surface area contributed by atoms with Gasteiger partial charge in [0.1, 0.15) is 0 Å². The quantitative estimate of drug-likeness (QED) is 0.362. The van der Waals surface area contributed by atoms with E-state index in [0.29, 0.717) is 10.9 Å². The molecule has 6 nitrogen and oxygen atoms in total. The monoisotopic (exact) mass is 395 g/mol. The van der Waals surface area contributed by atoms with E-state index in [1.807, 2.05) is 59.0 Å². The molecule has 4 rings (SSSR count). The minimum absolute atomic E-state index is 0.0766. The smallest absolute Gasteiger partial charge is 0.234 e. The van der Waals surface area contributed by atoms with E-state index >= 15 is 0 Å². The van der Waals surface area contributed by atoms with Gasteiger partial charge in [-0.15, -0.1) is 23.4 Å². The van der Waals surface area contributed by atoms with Crippen LogP contribution in [0.4, 0.5) is 5.69 Å². The van der Waals surface area contributed by atoms with E-state index in [9.17, 15) is 4.79 Å². The fourth-order valence-electron chi connectivity index (χ4n) is 2.70. The highest BCUT2D eigenvalue weighted by molar-refractivity contribution is 8.00. The van der Waals surface area contributed by atoms with Crippen LogP contribution in [-0.2, 0) is 4.79 Å². The van der Waals surface area contributed by atoms with Gasteiger partial charge in [0.15, 0.2) is 5.16 Å². The molecule has 2 aromatic heterocycles. The molecule has 1 amide bonds. The zero-order valence-electron chi connectivity index (χ0n) is 14.4. The summed E-state index contributed by atoms with van der Waals surface area (Å²) in [6.07, 6.45) is 1.84. The Balaban J connectivity index is 1.47. The Labute approximate surface area is 164 Å². The normalized spacial score (nSPS) is 11.1. The summed E-state index contributed by atoms with van der Waals surface area (Å²) in [5, 5.41) is 10.9. The number of aromatic amines is 1.